The molecule has 7 N–H and O–H groups in total. The summed E-state index contributed by atoms with van der Waals surface area (Å²) in [5.74, 6) is 1.65. The maximum absolute atomic E-state index is 10.2. The van der Waals surface area contributed by atoms with Gasteiger partial charge in [-0.1, -0.05) is 49.7 Å². The summed E-state index contributed by atoms with van der Waals surface area (Å²) in [5.41, 5.74) is 9.42. The van der Waals surface area contributed by atoms with Crippen molar-refractivity contribution in [1.29, 1.82) is 5.41 Å². The molecule has 0 spiro atoms. The highest BCUT2D eigenvalue weighted by Gasteiger charge is 2.44. The molecule has 0 aliphatic carbocycles. The summed E-state index contributed by atoms with van der Waals surface area (Å²) in [6.07, 6.45) is -5.00. The molecule has 1 aliphatic rings. The quantitative estimate of drug-likeness (QED) is 0.112. The molecule has 0 aromatic heterocycles. The monoisotopic (exact) mass is 552 g/mol. The lowest BCUT2D eigenvalue weighted by Gasteiger charge is -2.39. The van der Waals surface area contributed by atoms with Gasteiger partial charge in [-0.25, -0.2) is 0 Å². The second kappa shape index (κ2) is 13.6. The Labute approximate surface area is 233 Å². The second-order valence-corrected chi connectivity index (χ2v) is 9.55. The summed E-state index contributed by atoms with van der Waals surface area (Å²) in [5, 5.41) is 47.0. The number of hydrogen-bond acceptors (Lipinski definition) is 9. The Hall–Kier alpha value is -3.67. The van der Waals surface area contributed by atoms with E-state index >= 15 is 0 Å². The molecule has 10 heteroatoms. The standard InChI is InChI=1S/C30H36N2O8/c1-2-4-21-15-20(18-7-9-19(10-8-18)29(31)32)11-12-24(21)38-14-13-37-22-5-3-6-23(16-22)39-30-28(36)27(35)26(34)25(17-33)40-30/h3,5-12,15-16,25-28,30,33-36H,2,4,13-14,17H2,1H3,(H3,31,32)/t25-,26-,27+,28-,30-/m1/s1. The van der Waals surface area contributed by atoms with Crippen LogP contribution in [0.2, 0.25) is 0 Å². The molecule has 0 bridgehead atoms. The van der Waals surface area contributed by atoms with Crippen molar-refractivity contribution >= 4 is 5.84 Å². The van der Waals surface area contributed by atoms with Crippen molar-refractivity contribution in [3.05, 3.63) is 77.9 Å². The molecular weight excluding hydrogens is 516 g/mol. The van der Waals surface area contributed by atoms with Gasteiger partial charge in [0.2, 0.25) is 6.29 Å². The largest absolute Gasteiger partial charge is 0.490 e. The molecule has 0 saturated carbocycles. The third kappa shape index (κ3) is 7.09. The summed E-state index contributed by atoms with van der Waals surface area (Å²) in [7, 11) is 0. The molecule has 1 fully saturated rings. The van der Waals surface area contributed by atoms with Crippen molar-refractivity contribution < 1.29 is 39.4 Å². The molecule has 1 heterocycles. The van der Waals surface area contributed by atoms with E-state index in [1.165, 1.54) is 0 Å². The normalized spacial score (nSPS) is 22.5. The Morgan fingerprint density at radius 3 is 2.27 bits per heavy atom. The van der Waals surface area contributed by atoms with Crippen LogP contribution in [0.4, 0.5) is 0 Å². The van der Waals surface area contributed by atoms with Crippen LogP contribution in [0.1, 0.15) is 24.5 Å². The average molecular weight is 553 g/mol. The highest BCUT2D eigenvalue weighted by molar-refractivity contribution is 5.95. The Morgan fingerprint density at radius 1 is 0.875 bits per heavy atom. The number of rotatable bonds is 12. The Balaban J connectivity index is 1.33. The lowest BCUT2D eigenvalue weighted by Crippen LogP contribution is -2.60. The van der Waals surface area contributed by atoms with E-state index in [1.54, 1.807) is 24.3 Å². The van der Waals surface area contributed by atoms with Crippen molar-refractivity contribution in [2.24, 2.45) is 5.73 Å². The minimum Gasteiger partial charge on any atom is -0.490 e. The molecule has 0 unspecified atom stereocenters. The molecule has 10 nitrogen and oxygen atoms in total. The van der Waals surface area contributed by atoms with Crippen LogP contribution < -0.4 is 19.9 Å². The number of nitrogens with one attached hydrogen (secondary N) is 1. The lowest BCUT2D eigenvalue weighted by atomic mass is 9.99. The average Bonchev–Trinajstić information content (AvgIpc) is 2.96. The fourth-order valence-corrected chi connectivity index (χ4v) is 4.45. The number of amidine groups is 1. The molecule has 4 rings (SSSR count). The smallest absolute Gasteiger partial charge is 0.229 e. The highest BCUT2D eigenvalue weighted by atomic mass is 16.7. The van der Waals surface area contributed by atoms with Crippen LogP contribution in [0, 0.1) is 5.41 Å². The van der Waals surface area contributed by atoms with Crippen LogP contribution >= 0.6 is 0 Å². The van der Waals surface area contributed by atoms with Gasteiger partial charge in [0.05, 0.1) is 6.61 Å². The number of hydrogen-bond donors (Lipinski definition) is 6. The van der Waals surface area contributed by atoms with Crippen molar-refractivity contribution in [2.75, 3.05) is 19.8 Å². The number of aryl methyl sites for hydroxylation is 1. The van der Waals surface area contributed by atoms with E-state index in [0.29, 0.717) is 23.7 Å². The SMILES string of the molecule is CCCc1cc(-c2ccc(C(=N)N)cc2)ccc1OCCOc1cccc(O[C@@H]2O[C@H](CO)[C@@H](O)[C@H](O)[C@H]2O)c1. The van der Waals surface area contributed by atoms with Crippen molar-refractivity contribution in [3.8, 4) is 28.4 Å². The Morgan fingerprint density at radius 2 is 1.57 bits per heavy atom. The van der Waals surface area contributed by atoms with Gasteiger partial charge in [-0.15, -0.1) is 0 Å². The fraction of sp³-hybridized carbons (Fsp3) is 0.367. The highest BCUT2D eigenvalue weighted by Crippen LogP contribution is 2.29. The molecule has 214 valence electrons. The van der Waals surface area contributed by atoms with E-state index in [-0.39, 0.29) is 12.4 Å². The summed E-state index contributed by atoms with van der Waals surface area (Å²) < 4.78 is 22.9. The molecule has 3 aromatic rings. The fourth-order valence-electron chi connectivity index (χ4n) is 4.45. The first-order chi connectivity index (χ1) is 19.3. The topological polar surface area (TPSA) is 168 Å². The second-order valence-electron chi connectivity index (χ2n) is 9.55. The zero-order valence-corrected chi connectivity index (χ0v) is 22.3. The number of aliphatic hydroxyl groups excluding tert-OH is 4. The van der Waals surface area contributed by atoms with Crippen LogP contribution in [-0.4, -0.2) is 76.8 Å². The zero-order chi connectivity index (χ0) is 28.6. The predicted octanol–water partition coefficient (Wildman–Crippen LogP) is 2.23. The molecule has 40 heavy (non-hydrogen) atoms. The molecule has 3 aromatic carbocycles. The van der Waals surface area contributed by atoms with Gasteiger partial charge in [-0.2, -0.15) is 0 Å². The van der Waals surface area contributed by atoms with Crippen LogP contribution in [0.3, 0.4) is 0 Å². The van der Waals surface area contributed by atoms with Crippen LogP contribution in [-0.2, 0) is 11.2 Å². The molecule has 0 amide bonds. The molecule has 1 aliphatic heterocycles. The lowest BCUT2D eigenvalue weighted by molar-refractivity contribution is -0.277. The van der Waals surface area contributed by atoms with Crippen molar-refractivity contribution in [1.82, 2.24) is 0 Å². The van der Waals surface area contributed by atoms with Gasteiger partial charge < -0.3 is 45.1 Å². The van der Waals surface area contributed by atoms with E-state index < -0.39 is 37.3 Å². The first-order valence-electron chi connectivity index (χ1n) is 13.2. The van der Waals surface area contributed by atoms with Gasteiger partial charge in [-0.3, -0.25) is 5.41 Å². The molecule has 0 radical (unpaired) electrons. The van der Waals surface area contributed by atoms with Gasteiger partial charge in [0.25, 0.3) is 0 Å². The first-order valence-corrected chi connectivity index (χ1v) is 13.2. The summed E-state index contributed by atoms with van der Waals surface area (Å²) in [6.45, 7) is 2.15. The minimum atomic E-state index is -1.52. The van der Waals surface area contributed by atoms with E-state index in [0.717, 1.165) is 35.3 Å². The van der Waals surface area contributed by atoms with Gasteiger partial charge in [-0.05, 0) is 47.4 Å². The van der Waals surface area contributed by atoms with Gasteiger partial charge in [0, 0.05) is 11.6 Å². The molecule has 1 saturated heterocycles. The third-order valence-electron chi connectivity index (χ3n) is 6.62. The zero-order valence-electron chi connectivity index (χ0n) is 22.3. The van der Waals surface area contributed by atoms with Gasteiger partial charge in [0.15, 0.2) is 0 Å². The number of benzene rings is 3. The predicted molar refractivity (Wildman–Crippen MR) is 149 cm³/mol. The minimum absolute atomic E-state index is 0.0391. The first kappa shape index (κ1) is 29.3. The van der Waals surface area contributed by atoms with E-state index in [1.807, 2.05) is 36.4 Å². The van der Waals surface area contributed by atoms with Crippen molar-refractivity contribution in [3.63, 3.8) is 0 Å². The van der Waals surface area contributed by atoms with Crippen molar-refractivity contribution in [2.45, 2.75) is 50.5 Å². The van der Waals surface area contributed by atoms with E-state index in [9.17, 15) is 20.4 Å². The maximum Gasteiger partial charge on any atom is 0.229 e. The van der Waals surface area contributed by atoms with E-state index in [2.05, 4.69) is 13.0 Å². The number of nitrogen functional groups attached to an aromatic ring is 1. The summed E-state index contributed by atoms with van der Waals surface area (Å²) in [4.78, 5) is 0. The molecule has 5 atom stereocenters. The Bertz CT molecular complexity index is 1270. The number of nitrogens with two attached hydrogens (primary N) is 1. The van der Waals surface area contributed by atoms with Crippen LogP contribution in [0.15, 0.2) is 66.7 Å². The Kier molecular flexibility index (Phi) is 9.97. The third-order valence-corrected chi connectivity index (χ3v) is 6.62. The number of aliphatic hydroxyl groups is 4. The van der Waals surface area contributed by atoms with Gasteiger partial charge >= 0.3 is 0 Å². The molecular formula is C30H36N2O8. The summed E-state index contributed by atoms with van der Waals surface area (Å²) >= 11 is 0. The van der Waals surface area contributed by atoms with E-state index in [4.69, 9.17) is 30.1 Å². The van der Waals surface area contributed by atoms with Crippen LogP contribution in [0.25, 0.3) is 11.1 Å². The summed E-state index contributed by atoms with van der Waals surface area (Å²) in [6, 6.07) is 20.3. The van der Waals surface area contributed by atoms with Gasteiger partial charge in [0.1, 0.15) is 60.7 Å². The maximum atomic E-state index is 10.2. The number of ether oxygens (including phenoxy) is 4. The van der Waals surface area contributed by atoms with Crippen LogP contribution in [0.5, 0.6) is 17.2 Å².